The lowest BCUT2D eigenvalue weighted by Crippen LogP contribution is -2.48. The molecule has 0 aromatic heterocycles. The lowest BCUT2D eigenvalue weighted by atomic mass is 9.73. The van der Waals surface area contributed by atoms with Gasteiger partial charge >= 0.3 is 6.03 Å². The standard InChI is InChI=1S/C25H35N3O/c29-24(28-11-3-4-12-28)26-22-17-25(21-6-2-1-5-20(21)22)9-13-27(14-10-25)23-16-18-7-8-19(23)15-18/h1-2,5-6,18-19,22-23H,3-4,7-17H2,(H,26,29)/t18-,19-,22+,23-/m1/s1. The Labute approximate surface area is 175 Å². The molecule has 2 saturated carbocycles. The molecule has 5 aliphatic rings. The summed E-state index contributed by atoms with van der Waals surface area (Å²) in [6, 6.07) is 10.2. The van der Waals surface area contributed by atoms with Crippen LogP contribution in [0.5, 0.6) is 0 Å². The minimum Gasteiger partial charge on any atom is -0.331 e. The van der Waals surface area contributed by atoms with E-state index in [0.717, 1.165) is 50.2 Å². The Morgan fingerprint density at radius 3 is 2.52 bits per heavy atom. The Morgan fingerprint density at radius 2 is 1.79 bits per heavy atom. The molecule has 1 N–H and O–H groups in total. The first-order valence-electron chi connectivity index (χ1n) is 12.1. The number of hydrogen-bond acceptors (Lipinski definition) is 2. The maximum atomic E-state index is 12.8. The molecule has 4 fully saturated rings. The Balaban J connectivity index is 1.18. The number of likely N-dealkylation sites (tertiary alicyclic amines) is 2. The fourth-order valence-corrected chi connectivity index (χ4v) is 7.60. The van der Waals surface area contributed by atoms with Crippen molar-refractivity contribution in [1.82, 2.24) is 15.1 Å². The molecule has 1 aromatic carbocycles. The minimum atomic E-state index is 0.152. The highest BCUT2D eigenvalue weighted by atomic mass is 16.2. The zero-order valence-corrected chi connectivity index (χ0v) is 17.6. The number of urea groups is 1. The van der Waals surface area contributed by atoms with E-state index in [1.807, 2.05) is 4.90 Å². The van der Waals surface area contributed by atoms with Crippen molar-refractivity contribution in [2.45, 2.75) is 75.3 Å². The average Bonchev–Trinajstić information content (AvgIpc) is 3.54. The number of hydrogen-bond donors (Lipinski definition) is 1. The molecule has 0 unspecified atom stereocenters. The van der Waals surface area contributed by atoms with Gasteiger partial charge in [0, 0.05) is 24.5 Å². The van der Waals surface area contributed by atoms with Gasteiger partial charge in [0.25, 0.3) is 0 Å². The molecule has 2 amide bonds. The summed E-state index contributed by atoms with van der Waals surface area (Å²) in [7, 11) is 0. The molecule has 2 bridgehead atoms. The van der Waals surface area contributed by atoms with Crippen LogP contribution in [0.3, 0.4) is 0 Å². The van der Waals surface area contributed by atoms with Crippen LogP contribution in [0.25, 0.3) is 0 Å². The molecule has 29 heavy (non-hydrogen) atoms. The van der Waals surface area contributed by atoms with E-state index in [-0.39, 0.29) is 17.5 Å². The highest BCUT2D eigenvalue weighted by Gasteiger charge is 2.49. The van der Waals surface area contributed by atoms with E-state index in [2.05, 4.69) is 34.5 Å². The van der Waals surface area contributed by atoms with E-state index in [9.17, 15) is 4.79 Å². The zero-order valence-electron chi connectivity index (χ0n) is 17.6. The average molecular weight is 394 g/mol. The maximum absolute atomic E-state index is 12.8. The molecule has 2 saturated heterocycles. The summed E-state index contributed by atoms with van der Waals surface area (Å²) in [5, 5.41) is 3.41. The molecule has 0 radical (unpaired) electrons. The Kier molecular flexibility index (Phi) is 4.41. The summed E-state index contributed by atoms with van der Waals surface area (Å²) in [6.45, 7) is 4.33. The Hall–Kier alpha value is -1.55. The predicted molar refractivity (Wildman–Crippen MR) is 115 cm³/mol. The van der Waals surface area contributed by atoms with E-state index in [1.165, 1.54) is 62.7 Å². The largest absolute Gasteiger partial charge is 0.331 e. The van der Waals surface area contributed by atoms with Crippen LogP contribution in [0.2, 0.25) is 0 Å². The van der Waals surface area contributed by atoms with Crippen molar-refractivity contribution in [3.8, 4) is 0 Å². The fourth-order valence-electron chi connectivity index (χ4n) is 7.60. The van der Waals surface area contributed by atoms with E-state index in [0.29, 0.717) is 0 Å². The number of carbonyl (C=O) groups is 1. The van der Waals surface area contributed by atoms with Crippen molar-refractivity contribution in [3.05, 3.63) is 35.4 Å². The van der Waals surface area contributed by atoms with Gasteiger partial charge in [0.05, 0.1) is 6.04 Å². The monoisotopic (exact) mass is 393 g/mol. The summed E-state index contributed by atoms with van der Waals surface area (Å²) in [5.74, 6) is 2.01. The lowest BCUT2D eigenvalue weighted by Gasteiger charge is -2.44. The molecule has 1 spiro atoms. The molecule has 156 valence electrons. The van der Waals surface area contributed by atoms with Crippen LogP contribution < -0.4 is 5.32 Å². The van der Waals surface area contributed by atoms with Gasteiger partial charge in [-0.2, -0.15) is 0 Å². The predicted octanol–water partition coefficient (Wildman–Crippen LogP) is 4.46. The number of piperidine rings is 1. The topological polar surface area (TPSA) is 35.6 Å². The molecular formula is C25H35N3O. The minimum absolute atomic E-state index is 0.152. The second-order valence-electron chi connectivity index (χ2n) is 10.5. The Bertz CT molecular complexity index is 778. The molecule has 4 nitrogen and oxygen atoms in total. The zero-order chi connectivity index (χ0) is 19.4. The molecule has 2 aliphatic heterocycles. The highest BCUT2D eigenvalue weighted by Crippen LogP contribution is 2.53. The number of fused-ring (bicyclic) bond motifs is 4. The normalized spacial score (nSPS) is 35.4. The Morgan fingerprint density at radius 1 is 1.00 bits per heavy atom. The second kappa shape index (κ2) is 7.01. The summed E-state index contributed by atoms with van der Waals surface area (Å²) < 4.78 is 0. The molecule has 3 aliphatic carbocycles. The van der Waals surface area contributed by atoms with E-state index >= 15 is 0 Å². The molecule has 2 heterocycles. The number of nitrogens with one attached hydrogen (secondary N) is 1. The van der Waals surface area contributed by atoms with Crippen molar-refractivity contribution in [3.63, 3.8) is 0 Å². The first-order valence-corrected chi connectivity index (χ1v) is 12.1. The smallest absolute Gasteiger partial charge is 0.317 e. The maximum Gasteiger partial charge on any atom is 0.317 e. The van der Waals surface area contributed by atoms with Crippen LogP contribution in [-0.4, -0.2) is 48.1 Å². The number of rotatable bonds is 2. The van der Waals surface area contributed by atoms with Gasteiger partial charge in [0.2, 0.25) is 0 Å². The van der Waals surface area contributed by atoms with Gasteiger partial charge < -0.3 is 15.1 Å². The van der Waals surface area contributed by atoms with Crippen molar-refractivity contribution >= 4 is 6.03 Å². The third-order valence-corrected chi connectivity index (χ3v) is 9.12. The second-order valence-corrected chi connectivity index (χ2v) is 10.5. The van der Waals surface area contributed by atoms with Crippen molar-refractivity contribution < 1.29 is 4.79 Å². The number of carbonyl (C=O) groups excluding carboxylic acids is 1. The summed E-state index contributed by atoms with van der Waals surface area (Å²) >= 11 is 0. The van der Waals surface area contributed by atoms with Gasteiger partial charge in [-0.25, -0.2) is 4.79 Å². The van der Waals surface area contributed by atoms with Crippen LogP contribution in [0.15, 0.2) is 24.3 Å². The first-order chi connectivity index (χ1) is 14.2. The summed E-state index contributed by atoms with van der Waals surface area (Å²) in [4.78, 5) is 17.6. The molecule has 4 heteroatoms. The van der Waals surface area contributed by atoms with E-state index in [4.69, 9.17) is 0 Å². The number of benzene rings is 1. The van der Waals surface area contributed by atoms with E-state index < -0.39 is 0 Å². The SMILES string of the molecule is O=C(N[C@H]1CC2(CCN([C@@H]3C[C@@H]4CC[C@@H]3C4)CC2)c2ccccc21)N1CCCC1. The number of amides is 2. The van der Waals surface area contributed by atoms with Gasteiger partial charge in [-0.15, -0.1) is 0 Å². The van der Waals surface area contributed by atoms with Gasteiger partial charge in [-0.1, -0.05) is 30.7 Å². The van der Waals surface area contributed by atoms with Crippen LogP contribution in [0.1, 0.15) is 75.0 Å². The van der Waals surface area contributed by atoms with Gasteiger partial charge in [-0.3, -0.25) is 0 Å². The van der Waals surface area contributed by atoms with Gasteiger partial charge in [0.15, 0.2) is 0 Å². The molecule has 1 aromatic rings. The van der Waals surface area contributed by atoms with Gasteiger partial charge in [-0.05, 0) is 87.4 Å². The van der Waals surface area contributed by atoms with Crippen molar-refractivity contribution in [2.75, 3.05) is 26.2 Å². The number of nitrogens with zero attached hydrogens (tertiary/aromatic N) is 2. The van der Waals surface area contributed by atoms with E-state index in [1.54, 1.807) is 0 Å². The fraction of sp³-hybridized carbons (Fsp3) is 0.720. The summed E-state index contributed by atoms with van der Waals surface area (Å²) in [6.07, 6.45) is 11.8. The van der Waals surface area contributed by atoms with Crippen molar-refractivity contribution in [2.24, 2.45) is 11.8 Å². The van der Waals surface area contributed by atoms with Crippen LogP contribution in [0.4, 0.5) is 4.79 Å². The molecule has 4 atom stereocenters. The highest BCUT2D eigenvalue weighted by molar-refractivity contribution is 5.75. The van der Waals surface area contributed by atoms with Gasteiger partial charge in [0.1, 0.15) is 0 Å². The summed E-state index contributed by atoms with van der Waals surface area (Å²) in [5.41, 5.74) is 3.18. The lowest BCUT2D eigenvalue weighted by molar-refractivity contribution is 0.0811. The van der Waals surface area contributed by atoms with Crippen LogP contribution >= 0.6 is 0 Å². The first kappa shape index (κ1) is 18.2. The quantitative estimate of drug-likeness (QED) is 0.805. The van der Waals surface area contributed by atoms with Crippen LogP contribution in [0, 0.1) is 11.8 Å². The third-order valence-electron chi connectivity index (χ3n) is 9.12. The third kappa shape index (κ3) is 3.01. The molecular weight excluding hydrogens is 358 g/mol. The van der Waals surface area contributed by atoms with Crippen LogP contribution in [-0.2, 0) is 5.41 Å². The van der Waals surface area contributed by atoms with Crippen molar-refractivity contribution in [1.29, 1.82) is 0 Å². The molecule has 6 rings (SSSR count).